The van der Waals surface area contributed by atoms with Crippen molar-refractivity contribution in [2.45, 2.75) is 32.7 Å². The van der Waals surface area contributed by atoms with Crippen LogP contribution in [0.25, 0.3) is 0 Å². The van der Waals surface area contributed by atoms with Gasteiger partial charge in [0.05, 0.1) is 18.6 Å². The standard InChI is InChI=1S/C13H23N3O4/c1-4-20-12(18)10-6-5-7-16(8-10)9(2)11(17)15-13(19)14-3/h9-10H,4-8H2,1-3H3,(H2,14,15,17,19)/t9-,10+/m1/s1. The maximum Gasteiger partial charge on any atom is 0.321 e. The molecule has 7 nitrogen and oxygen atoms in total. The van der Waals surface area contributed by atoms with Crippen LogP contribution in [0.2, 0.25) is 0 Å². The topological polar surface area (TPSA) is 87.7 Å². The van der Waals surface area contributed by atoms with Crippen LogP contribution >= 0.6 is 0 Å². The molecule has 0 spiro atoms. The van der Waals surface area contributed by atoms with Gasteiger partial charge in [-0.1, -0.05) is 0 Å². The number of piperidine rings is 1. The van der Waals surface area contributed by atoms with Crippen LogP contribution in [0, 0.1) is 5.92 Å². The average molecular weight is 285 g/mol. The summed E-state index contributed by atoms with van der Waals surface area (Å²) in [7, 11) is 1.45. The Morgan fingerprint density at radius 3 is 2.70 bits per heavy atom. The Morgan fingerprint density at radius 1 is 1.40 bits per heavy atom. The minimum absolute atomic E-state index is 0.195. The third kappa shape index (κ3) is 4.48. The Labute approximate surface area is 119 Å². The van der Waals surface area contributed by atoms with Gasteiger partial charge in [0, 0.05) is 13.6 Å². The quantitative estimate of drug-likeness (QED) is 0.716. The molecule has 1 fully saturated rings. The second-order valence-electron chi connectivity index (χ2n) is 4.83. The lowest BCUT2D eigenvalue weighted by atomic mass is 9.97. The monoisotopic (exact) mass is 285 g/mol. The largest absolute Gasteiger partial charge is 0.466 e. The third-order valence-electron chi connectivity index (χ3n) is 3.46. The molecule has 2 atom stereocenters. The molecule has 1 heterocycles. The molecule has 1 aliphatic heterocycles. The molecule has 0 unspecified atom stereocenters. The van der Waals surface area contributed by atoms with Crippen LogP contribution in [0.1, 0.15) is 26.7 Å². The Balaban J connectivity index is 2.55. The van der Waals surface area contributed by atoms with E-state index in [1.807, 2.05) is 4.90 Å². The number of esters is 1. The summed E-state index contributed by atoms with van der Waals surface area (Å²) in [5.41, 5.74) is 0. The van der Waals surface area contributed by atoms with E-state index in [1.165, 1.54) is 7.05 Å². The fourth-order valence-corrected chi connectivity index (χ4v) is 2.26. The predicted molar refractivity (Wildman–Crippen MR) is 73.0 cm³/mol. The van der Waals surface area contributed by atoms with Gasteiger partial charge < -0.3 is 10.1 Å². The first-order valence-corrected chi connectivity index (χ1v) is 6.92. The van der Waals surface area contributed by atoms with E-state index < -0.39 is 12.1 Å². The first kappa shape index (κ1) is 16.4. The Morgan fingerprint density at radius 2 is 2.10 bits per heavy atom. The summed E-state index contributed by atoms with van der Waals surface area (Å²) in [4.78, 5) is 36.7. The van der Waals surface area contributed by atoms with Crippen molar-refractivity contribution in [1.29, 1.82) is 0 Å². The van der Waals surface area contributed by atoms with E-state index in [0.717, 1.165) is 19.4 Å². The van der Waals surface area contributed by atoms with E-state index in [0.29, 0.717) is 13.2 Å². The molecule has 0 aromatic heterocycles. The smallest absolute Gasteiger partial charge is 0.321 e. The molecule has 0 saturated carbocycles. The zero-order chi connectivity index (χ0) is 15.1. The van der Waals surface area contributed by atoms with Gasteiger partial charge in [-0.2, -0.15) is 0 Å². The van der Waals surface area contributed by atoms with Crippen molar-refractivity contribution in [1.82, 2.24) is 15.5 Å². The first-order chi connectivity index (χ1) is 9.49. The number of carbonyl (C=O) groups is 3. The van der Waals surface area contributed by atoms with Gasteiger partial charge in [-0.05, 0) is 33.2 Å². The second kappa shape index (κ2) is 7.84. The fourth-order valence-electron chi connectivity index (χ4n) is 2.26. The maximum absolute atomic E-state index is 11.9. The van der Waals surface area contributed by atoms with E-state index in [-0.39, 0.29) is 17.8 Å². The Bertz CT molecular complexity index is 373. The minimum Gasteiger partial charge on any atom is -0.466 e. The van der Waals surface area contributed by atoms with Gasteiger partial charge in [0.25, 0.3) is 0 Å². The zero-order valence-corrected chi connectivity index (χ0v) is 12.3. The van der Waals surface area contributed by atoms with Crippen LogP contribution < -0.4 is 10.6 Å². The number of ether oxygens (including phenoxy) is 1. The van der Waals surface area contributed by atoms with Crippen molar-refractivity contribution >= 4 is 17.9 Å². The van der Waals surface area contributed by atoms with Gasteiger partial charge in [0.15, 0.2) is 0 Å². The second-order valence-corrected chi connectivity index (χ2v) is 4.83. The van der Waals surface area contributed by atoms with Gasteiger partial charge in [0.2, 0.25) is 5.91 Å². The lowest BCUT2D eigenvalue weighted by molar-refractivity contribution is -0.151. The number of hydrogen-bond acceptors (Lipinski definition) is 5. The number of urea groups is 1. The SMILES string of the molecule is CCOC(=O)[C@H]1CCCN([C@H](C)C(=O)NC(=O)NC)C1. The number of nitrogens with zero attached hydrogens (tertiary/aromatic N) is 1. The Hall–Kier alpha value is -1.63. The summed E-state index contributed by atoms with van der Waals surface area (Å²) < 4.78 is 5.02. The molecule has 0 radical (unpaired) electrons. The lowest BCUT2D eigenvalue weighted by Gasteiger charge is -2.34. The van der Waals surface area contributed by atoms with Crippen molar-refractivity contribution in [3.8, 4) is 0 Å². The summed E-state index contributed by atoms with van der Waals surface area (Å²) in [6.45, 7) is 5.09. The summed E-state index contributed by atoms with van der Waals surface area (Å²) in [5.74, 6) is -0.774. The zero-order valence-electron chi connectivity index (χ0n) is 12.3. The van der Waals surface area contributed by atoms with Crippen LogP contribution in [0.5, 0.6) is 0 Å². The van der Waals surface area contributed by atoms with E-state index in [4.69, 9.17) is 4.74 Å². The highest BCUT2D eigenvalue weighted by atomic mass is 16.5. The van der Waals surface area contributed by atoms with Crippen LogP contribution in [0.15, 0.2) is 0 Å². The predicted octanol–water partition coefficient (Wildman–Crippen LogP) is 0.106. The van der Waals surface area contributed by atoms with Gasteiger partial charge in [0.1, 0.15) is 0 Å². The number of imide groups is 1. The van der Waals surface area contributed by atoms with Crippen molar-refractivity contribution < 1.29 is 19.1 Å². The highest BCUT2D eigenvalue weighted by Crippen LogP contribution is 2.19. The number of hydrogen-bond donors (Lipinski definition) is 2. The van der Waals surface area contributed by atoms with Crippen LogP contribution in [0.4, 0.5) is 4.79 Å². The molecule has 3 amide bonds. The van der Waals surface area contributed by atoms with Crippen molar-refractivity contribution in [3.05, 3.63) is 0 Å². The molecule has 1 aliphatic rings. The number of rotatable bonds is 4. The van der Waals surface area contributed by atoms with E-state index >= 15 is 0 Å². The minimum atomic E-state index is -0.527. The van der Waals surface area contributed by atoms with Crippen LogP contribution in [-0.4, -0.2) is 55.6 Å². The summed E-state index contributed by atoms with van der Waals surface area (Å²) in [5, 5.41) is 4.58. The highest BCUT2D eigenvalue weighted by molar-refractivity contribution is 5.96. The molecule has 0 aliphatic carbocycles. The molecule has 114 valence electrons. The van der Waals surface area contributed by atoms with Gasteiger partial charge >= 0.3 is 12.0 Å². The molecule has 0 bridgehead atoms. The first-order valence-electron chi connectivity index (χ1n) is 6.92. The molecule has 7 heteroatoms. The molecule has 20 heavy (non-hydrogen) atoms. The number of amides is 3. The molecular weight excluding hydrogens is 262 g/mol. The van der Waals surface area contributed by atoms with Gasteiger partial charge in [-0.3, -0.25) is 19.8 Å². The summed E-state index contributed by atoms with van der Waals surface area (Å²) >= 11 is 0. The van der Waals surface area contributed by atoms with Crippen molar-refractivity contribution in [2.24, 2.45) is 5.92 Å². The van der Waals surface area contributed by atoms with Crippen molar-refractivity contribution in [2.75, 3.05) is 26.7 Å². The van der Waals surface area contributed by atoms with Crippen molar-refractivity contribution in [3.63, 3.8) is 0 Å². The highest BCUT2D eigenvalue weighted by Gasteiger charge is 2.31. The van der Waals surface area contributed by atoms with E-state index in [1.54, 1.807) is 13.8 Å². The molecule has 0 aromatic rings. The molecule has 1 rings (SSSR count). The number of likely N-dealkylation sites (tertiary alicyclic amines) is 1. The van der Waals surface area contributed by atoms with Crippen LogP contribution in [0.3, 0.4) is 0 Å². The average Bonchev–Trinajstić information content (AvgIpc) is 2.46. The third-order valence-corrected chi connectivity index (χ3v) is 3.46. The maximum atomic E-state index is 11.9. The van der Waals surface area contributed by atoms with E-state index in [2.05, 4.69) is 10.6 Å². The fraction of sp³-hybridized carbons (Fsp3) is 0.769. The lowest BCUT2D eigenvalue weighted by Crippen LogP contribution is -2.52. The summed E-state index contributed by atoms with van der Waals surface area (Å²) in [6, 6.07) is -0.981. The summed E-state index contributed by atoms with van der Waals surface area (Å²) in [6.07, 6.45) is 1.61. The number of nitrogens with one attached hydrogen (secondary N) is 2. The van der Waals surface area contributed by atoms with Gasteiger partial charge in [-0.25, -0.2) is 4.79 Å². The number of carbonyl (C=O) groups excluding carboxylic acids is 3. The molecule has 2 N–H and O–H groups in total. The van der Waals surface area contributed by atoms with Gasteiger partial charge in [-0.15, -0.1) is 0 Å². The Kier molecular flexibility index (Phi) is 6.44. The molecule has 0 aromatic carbocycles. The van der Waals surface area contributed by atoms with E-state index in [9.17, 15) is 14.4 Å². The molecular formula is C13H23N3O4. The van der Waals surface area contributed by atoms with Crippen LogP contribution in [-0.2, 0) is 14.3 Å². The molecule has 1 saturated heterocycles. The normalized spacial score (nSPS) is 20.9.